The molecule has 1 N–H and O–H groups in total. The molecule has 0 saturated carbocycles. The summed E-state index contributed by atoms with van der Waals surface area (Å²) in [5.41, 5.74) is 1.96. The summed E-state index contributed by atoms with van der Waals surface area (Å²) >= 11 is 6.07. The molecule has 0 aromatic heterocycles. The topological polar surface area (TPSA) is 67.9 Å². The molecule has 0 bridgehead atoms. The van der Waals surface area contributed by atoms with Crippen molar-refractivity contribution in [3.63, 3.8) is 0 Å². The summed E-state index contributed by atoms with van der Waals surface area (Å²) in [5, 5.41) is 3.30. The van der Waals surface area contributed by atoms with Crippen LogP contribution in [-0.4, -0.2) is 32.6 Å². The minimum atomic E-state index is -0.349. The Kier molecular flexibility index (Phi) is 6.46. The molecule has 2 aromatic carbocycles. The fourth-order valence-electron chi connectivity index (χ4n) is 2.39. The summed E-state index contributed by atoms with van der Waals surface area (Å²) in [6.07, 6.45) is 0. The summed E-state index contributed by atoms with van der Waals surface area (Å²) in [7, 11) is 3.03. The van der Waals surface area contributed by atoms with Gasteiger partial charge in [0, 0.05) is 23.7 Å². The van der Waals surface area contributed by atoms with Crippen molar-refractivity contribution in [3.05, 3.63) is 47.0 Å². The molecule has 0 saturated heterocycles. The van der Waals surface area contributed by atoms with Gasteiger partial charge in [0.05, 0.1) is 19.9 Å². The first-order valence-electron chi connectivity index (χ1n) is 7.92. The molecule has 26 heavy (non-hydrogen) atoms. The molecule has 7 heteroatoms. The van der Waals surface area contributed by atoms with E-state index in [1.165, 1.54) is 26.0 Å². The quantitative estimate of drug-likeness (QED) is 0.835. The predicted molar refractivity (Wildman–Crippen MR) is 102 cm³/mol. The number of amides is 2. The maximum Gasteiger partial charge on any atom is 0.244 e. The normalized spacial score (nSPS) is 10.2. The Bertz CT molecular complexity index is 823. The van der Waals surface area contributed by atoms with Crippen LogP contribution in [0.5, 0.6) is 11.5 Å². The van der Waals surface area contributed by atoms with E-state index in [1.54, 1.807) is 30.3 Å². The van der Waals surface area contributed by atoms with Crippen LogP contribution in [0, 0.1) is 6.92 Å². The van der Waals surface area contributed by atoms with Gasteiger partial charge in [0.25, 0.3) is 0 Å². The molecule has 138 valence electrons. The number of halogens is 1. The summed E-state index contributed by atoms with van der Waals surface area (Å²) in [6.45, 7) is 3.10. The van der Waals surface area contributed by atoms with E-state index in [0.717, 1.165) is 5.56 Å². The van der Waals surface area contributed by atoms with Crippen molar-refractivity contribution in [2.24, 2.45) is 0 Å². The molecular weight excluding hydrogens is 356 g/mol. The molecule has 2 aromatic rings. The van der Waals surface area contributed by atoms with Crippen LogP contribution >= 0.6 is 11.6 Å². The Labute approximate surface area is 157 Å². The highest BCUT2D eigenvalue weighted by molar-refractivity contribution is 6.31. The van der Waals surface area contributed by atoms with Gasteiger partial charge in [-0.05, 0) is 36.8 Å². The Morgan fingerprint density at radius 2 is 1.85 bits per heavy atom. The number of hydrogen-bond acceptors (Lipinski definition) is 4. The fraction of sp³-hybridized carbons (Fsp3) is 0.263. The lowest BCUT2D eigenvalue weighted by Crippen LogP contribution is -2.36. The second-order valence-corrected chi connectivity index (χ2v) is 6.06. The van der Waals surface area contributed by atoms with E-state index in [9.17, 15) is 9.59 Å². The average Bonchev–Trinajstić information content (AvgIpc) is 2.62. The number of carbonyl (C=O) groups is 2. The smallest absolute Gasteiger partial charge is 0.244 e. The van der Waals surface area contributed by atoms with Crippen LogP contribution in [0.1, 0.15) is 12.5 Å². The highest BCUT2D eigenvalue weighted by atomic mass is 35.5. The lowest BCUT2D eigenvalue weighted by molar-refractivity contribution is -0.120. The second-order valence-electron chi connectivity index (χ2n) is 5.66. The first-order chi connectivity index (χ1) is 12.3. The van der Waals surface area contributed by atoms with E-state index in [1.807, 2.05) is 13.0 Å². The number of nitrogens with one attached hydrogen (secondary N) is 1. The number of carbonyl (C=O) groups excluding carboxylic acids is 2. The number of rotatable bonds is 6. The van der Waals surface area contributed by atoms with Crippen molar-refractivity contribution in [2.45, 2.75) is 13.8 Å². The zero-order valence-corrected chi connectivity index (χ0v) is 15.9. The van der Waals surface area contributed by atoms with Gasteiger partial charge in [-0.2, -0.15) is 0 Å². The summed E-state index contributed by atoms with van der Waals surface area (Å²) < 4.78 is 10.5. The number of nitrogens with zero attached hydrogens (tertiary/aromatic N) is 1. The third kappa shape index (κ3) is 4.67. The van der Waals surface area contributed by atoms with Gasteiger partial charge in [-0.25, -0.2) is 0 Å². The molecule has 0 spiro atoms. The van der Waals surface area contributed by atoms with Crippen molar-refractivity contribution < 1.29 is 19.1 Å². The minimum Gasteiger partial charge on any atom is -0.497 e. The molecule has 0 fully saturated rings. The van der Waals surface area contributed by atoms with Crippen LogP contribution in [0.15, 0.2) is 36.4 Å². The van der Waals surface area contributed by atoms with Gasteiger partial charge in [-0.3, -0.25) is 14.5 Å². The van der Waals surface area contributed by atoms with Crippen LogP contribution in [0.3, 0.4) is 0 Å². The molecule has 0 aliphatic rings. The maximum absolute atomic E-state index is 12.4. The standard InChI is InChI=1S/C19H21ClN2O4/c1-12-5-6-14(9-16(12)20)21-19(24)11-22(13(2)23)17-8-7-15(25-3)10-18(17)26-4/h5-10H,11H2,1-4H3,(H,21,24). The highest BCUT2D eigenvalue weighted by Crippen LogP contribution is 2.32. The van der Waals surface area contributed by atoms with Gasteiger partial charge in [0.15, 0.2) is 0 Å². The van der Waals surface area contributed by atoms with Crippen LogP contribution in [0.2, 0.25) is 5.02 Å². The van der Waals surface area contributed by atoms with Gasteiger partial charge < -0.3 is 14.8 Å². The molecule has 0 atom stereocenters. The van der Waals surface area contributed by atoms with Crippen molar-refractivity contribution in [3.8, 4) is 11.5 Å². The van der Waals surface area contributed by atoms with E-state index in [-0.39, 0.29) is 18.4 Å². The van der Waals surface area contributed by atoms with Crippen molar-refractivity contribution in [1.82, 2.24) is 0 Å². The lowest BCUT2D eigenvalue weighted by Gasteiger charge is -2.23. The van der Waals surface area contributed by atoms with Crippen LogP contribution in [0.25, 0.3) is 0 Å². The number of benzene rings is 2. The van der Waals surface area contributed by atoms with E-state index in [4.69, 9.17) is 21.1 Å². The van der Waals surface area contributed by atoms with E-state index >= 15 is 0 Å². The highest BCUT2D eigenvalue weighted by Gasteiger charge is 2.20. The predicted octanol–water partition coefficient (Wildman–Crippen LogP) is 3.66. The van der Waals surface area contributed by atoms with Gasteiger partial charge in [0.2, 0.25) is 11.8 Å². The first-order valence-corrected chi connectivity index (χ1v) is 8.29. The van der Waals surface area contributed by atoms with Gasteiger partial charge in [-0.1, -0.05) is 17.7 Å². The molecule has 0 radical (unpaired) electrons. The van der Waals surface area contributed by atoms with E-state index in [2.05, 4.69) is 5.32 Å². The molecule has 2 rings (SSSR count). The van der Waals surface area contributed by atoms with Crippen molar-refractivity contribution in [2.75, 3.05) is 31.0 Å². The first kappa shape index (κ1) is 19.6. The second kappa shape index (κ2) is 8.58. The molecule has 0 unspecified atom stereocenters. The Morgan fingerprint density at radius 3 is 2.42 bits per heavy atom. The van der Waals surface area contributed by atoms with Crippen LogP contribution < -0.4 is 19.7 Å². The van der Waals surface area contributed by atoms with Crippen LogP contribution in [0.4, 0.5) is 11.4 Å². The fourth-order valence-corrected chi connectivity index (χ4v) is 2.57. The Balaban J connectivity index is 2.21. The monoisotopic (exact) mass is 376 g/mol. The Morgan fingerprint density at radius 1 is 1.12 bits per heavy atom. The number of aryl methyl sites for hydroxylation is 1. The molecular formula is C19H21ClN2O4. The molecule has 0 aliphatic carbocycles. The SMILES string of the molecule is COc1ccc(N(CC(=O)Nc2ccc(C)c(Cl)c2)C(C)=O)c(OC)c1. The maximum atomic E-state index is 12.4. The van der Waals surface area contributed by atoms with E-state index in [0.29, 0.717) is 27.9 Å². The van der Waals surface area contributed by atoms with Gasteiger partial charge in [0.1, 0.15) is 18.0 Å². The largest absolute Gasteiger partial charge is 0.497 e. The number of ether oxygens (including phenoxy) is 2. The lowest BCUT2D eigenvalue weighted by atomic mass is 10.2. The van der Waals surface area contributed by atoms with Gasteiger partial charge in [-0.15, -0.1) is 0 Å². The number of methoxy groups -OCH3 is 2. The number of hydrogen-bond donors (Lipinski definition) is 1. The summed E-state index contributed by atoms with van der Waals surface area (Å²) in [5.74, 6) is 0.391. The van der Waals surface area contributed by atoms with Gasteiger partial charge >= 0.3 is 0 Å². The summed E-state index contributed by atoms with van der Waals surface area (Å²) in [6, 6.07) is 10.3. The van der Waals surface area contributed by atoms with Crippen LogP contribution in [-0.2, 0) is 9.59 Å². The zero-order valence-electron chi connectivity index (χ0n) is 15.1. The zero-order chi connectivity index (χ0) is 19.3. The van der Waals surface area contributed by atoms with Crippen molar-refractivity contribution >= 4 is 34.8 Å². The third-order valence-corrected chi connectivity index (χ3v) is 4.22. The molecule has 0 aliphatic heterocycles. The molecule has 6 nitrogen and oxygen atoms in total. The Hall–Kier alpha value is -2.73. The molecule has 2 amide bonds. The molecule has 0 heterocycles. The van der Waals surface area contributed by atoms with Crippen molar-refractivity contribution in [1.29, 1.82) is 0 Å². The average molecular weight is 377 g/mol. The summed E-state index contributed by atoms with van der Waals surface area (Å²) in [4.78, 5) is 25.8. The van der Waals surface area contributed by atoms with E-state index < -0.39 is 0 Å². The number of anilines is 2. The third-order valence-electron chi connectivity index (χ3n) is 3.82. The minimum absolute atomic E-state index is 0.163.